The smallest absolute Gasteiger partial charge is 0.308 e. The Labute approximate surface area is 152 Å². The highest BCUT2D eigenvalue weighted by atomic mass is 16.6. The number of carbonyl (C=O) groups excluding carboxylic acids is 1. The van der Waals surface area contributed by atoms with Gasteiger partial charge in [0.05, 0.1) is 58.8 Å². The Morgan fingerprint density at radius 2 is 1.28 bits per heavy atom. The Morgan fingerprint density at radius 3 is 1.72 bits per heavy atom. The highest BCUT2D eigenvalue weighted by Crippen LogP contribution is 2.14. The number of hydrogen-bond donors (Lipinski definition) is 1. The molecule has 0 aromatic heterocycles. The minimum absolute atomic E-state index is 0.0176. The maximum absolute atomic E-state index is 11.9. The number of nitrogens with two attached hydrogens (primary N) is 1. The topological polar surface area (TPSA) is 89.2 Å². The van der Waals surface area contributed by atoms with Crippen LogP contribution in [0, 0.1) is 5.92 Å². The van der Waals surface area contributed by atoms with Gasteiger partial charge in [-0.3, -0.25) is 4.79 Å². The van der Waals surface area contributed by atoms with Gasteiger partial charge in [-0.25, -0.2) is 0 Å². The monoisotopic (exact) mass is 363 g/mol. The molecule has 0 aromatic rings. The summed E-state index contributed by atoms with van der Waals surface area (Å²) in [6, 6.07) is 0. The fourth-order valence-corrected chi connectivity index (χ4v) is 2.10. The largest absolute Gasteiger partial charge is 0.463 e. The predicted octanol–water partition coefficient (Wildman–Crippen LogP) is 1.77. The number of unbranched alkanes of at least 4 members (excludes halogenated alkanes) is 1. The van der Waals surface area contributed by atoms with Crippen LogP contribution in [0.4, 0.5) is 0 Å². The van der Waals surface area contributed by atoms with E-state index in [2.05, 4.69) is 6.92 Å². The fraction of sp³-hybridized carbons (Fsp3) is 0.944. The minimum Gasteiger partial charge on any atom is -0.463 e. The molecule has 150 valence electrons. The van der Waals surface area contributed by atoms with E-state index in [1.54, 1.807) is 0 Å². The lowest BCUT2D eigenvalue weighted by Crippen LogP contribution is -2.20. The Kier molecular flexibility index (Phi) is 19.0. The molecule has 0 heterocycles. The molecule has 0 aliphatic rings. The van der Waals surface area contributed by atoms with Crippen LogP contribution >= 0.6 is 0 Å². The van der Waals surface area contributed by atoms with Gasteiger partial charge in [0, 0.05) is 6.54 Å². The first-order valence-electron chi connectivity index (χ1n) is 9.43. The third-order valence-electron chi connectivity index (χ3n) is 3.58. The average molecular weight is 363 g/mol. The van der Waals surface area contributed by atoms with E-state index in [-0.39, 0.29) is 11.9 Å². The van der Waals surface area contributed by atoms with Crippen LogP contribution in [0.1, 0.15) is 39.5 Å². The molecule has 0 rings (SSSR count). The molecular formula is C18H37NO6. The van der Waals surface area contributed by atoms with Crippen LogP contribution < -0.4 is 5.73 Å². The van der Waals surface area contributed by atoms with Crippen LogP contribution in [-0.4, -0.2) is 72.0 Å². The average Bonchev–Trinajstić information content (AvgIpc) is 2.62. The van der Waals surface area contributed by atoms with Crippen molar-refractivity contribution in [3.8, 4) is 0 Å². The summed E-state index contributed by atoms with van der Waals surface area (Å²) in [5.41, 5.74) is 5.30. The number of esters is 1. The van der Waals surface area contributed by atoms with E-state index in [0.717, 1.165) is 25.7 Å². The van der Waals surface area contributed by atoms with Crippen molar-refractivity contribution >= 4 is 5.97 Å². The molecule has 7 nitrogen and oxygen atoms in total. The Morgan fingerprint density at radius 1 is 0.800 bits per heavy atom. The van der Waals surface area contributed by atoms with Crippen molar-refractivity contribution in [2.24, 2.45) is 11.7 Å². The molecule has 0 spiro atoms. The molecule has 0 bridgehead atoms. The van der Waals surface area contributed by atoms with Crippen molar-refractivity contribution in [3.63, 3.8) is 0 Å². The molecule has 0 amide bonds. The summed E-state index contributed by atoms with van der Waals surface area (Å²) in [6.07, 6.45) is 3.89. The van der Waals surface area contributed by atoms with Gasteiger partial charge >= 0.3 is 5.97 Å². The van der Waals surface area contributed by atoms with Crippen molar-refractivity contribution in [3.05, 3.63) is 0 Å². The van der Waals surface area contributed by atoms with Crippen LogP contribution in [0.3, 0.4) is 0 Å². The zero-order valence-corrected chi connectivity index (χ0v) is 16.0. The fourth-order valence-electron chi connectivity index (χ4n) is 2.10. The van der Waals surface area contributed by atoms with Crippen molar-refractivity contribution in [1.82, 2.24) is 0 Å². The summed E-state index contributed by atoms with van der Waals surface area (Å²) in [5.74, 6) is -0.0904. The van der Waals surface area contributed by atoms with Crippen LogP contribution in [0.15, 0.2) is 0 Å². The Bertz CT molecular complexity index is 291. The number of ether oxygens (including phenoxy) is 5. The minimum atomic E-state index is -0.108. The molecule has 7 heteroatoms. The molecule has 0 radical (unpaired) electrons. The van der Waals surface area contributed by atoms with Crippen molar-refractivity contribution in [2.75, 3.05) is 66.0 Å². The molecule has 1 atom stereocenters. The van der Waals surface area contributed by atoms with Crippen LogP contribution in [0.5, 0.6) is 0 Å². The van der Waals surface area contributed by atoms with Crippen LogP contribution in [-0.2, 0) is 28.5 Å². The van der Waals surface area contributed by atoms with Crippen molar-refractivity contribution in [1.29, 1.82) is 0 Å². The molecule has 0 saturated heterocycles. The second kappa shape index (κ2) is 19.6. The van der Waals surface area contributed by atoms with Gasteiger partial charge in [0.2, 0.25) is 0 Å². The van der Waals surface area contributed by atoms with Crippen molar-refractivity contribution < 1.29 is 28.5 Å². The van der Waals surface area contributed by atoms with E-state index in [1.165, 1.54) is 0 Å². The summed E-state index contributed by atoms with van der Waals surface area (Å²) >= 11 is 0. The molecule has 1 unspecified atom stereocenters. The van der Waals surface area contributed by atoms with E-state index in [1.807, 2.05) is 6.92 Å². The SMILES string of the molecule is CCCCC(CC)C(=O)OCCOCCOCCOCCOCCN. The van der Waals surface area contributed by atoms with E-state index in [0.29, 0.717) is 66.0 Å². The lowest BCUT2D eigenvalue weighted by Gasteiger charge is -2.13. The van der Waals surface area contributed by atoms with Gasteiger partial charge in [0.1, 0.15) is 6.61 Å². The molecule has 2 N–H and O–H groups in total. The highest BCUT2D eigenvalue weighted by Gasteiger charge is 2.16. The Balaban J connectivity index is 3.29. The lowest BCUT2D eigenvalue weighted by atomic mass is 10.00. The molecular weight excluding hydrogens is 326 g/mol. The summed E-state index contributed by atoms with van der Waals surface area (Å²) in [7, 11) is 0. The van der Waals surface area contributed by atoms with E-state index in [4.69, 9.17) is 29.4 Å². The highest BCUT2D eigenvalue weighted by molar-refractivity contribution is 5.72. The second-order valence-corrected chi connectivity index (χ2v) is 5.65. The third kappa shape index (κ3) is 16.5. The maximum atomic E-state index is 11.9. The van der Waals surface area contributed by atoms with E-state index in [9.17, 15) is 4.79 Å². The predicted molar refractivity (Wildman–Crippen MR) is 96.6 cm³/mol. The van der Waals surface area contributed by atoms with Gasteiger partial charge in [-0.2, -0.15) is 0 Å². The van der Waals surface area contributed by atoms with Gasteiger partial charge in [-0.1, -0.05) is 26.7 Å². The van der Waals surface area contributed by atoms with Gasteiger partial charge < -0.3 is 29.4 Å². The maximum Gasteiger partial charge on any atom is 0.308 e. The summed E-state index contributed by atoms with van der Waals surface area (Å²) < 4.78 is 26.5. The summed E-state index contributed by atoms with van der Waals surface area (Å²) in [4.78, 5) is 11.9. The number of carbonyl (C=O) groups is 1. The zero-order valence-electron chi connectivity index (χ0n) is 16.0. The third-order valence-corrected chi connectivity index (χ3v) is 3.58. The molecule has 0 fully saturated rings. The van der Waals surface area contributed by atoms with Gasteiger partial charge in [-0.05, 0) is 12.8 Å². The Hall–Kier alpha value is -0.730. The molecule has 25 heavy (non-hydrogen) atoms. The lowest BCUT2D eigenvalue weighted by molar-refractivity contribution is -0.150. The first-order valence-corrected chi connectivity index (χ1v) is 9.43. The standard InChI is InChI=1S/C18H37NO6/c1-3-5-6-17(4-2)18(20)25-16-15-24-14-13-23-12-11-22-10-9-21-8-7-19/h17H,3-16,19H2,1-2H3. The quantitative estimate of drug-likeness (QED) is 0.276. The molecule has 0 aliphatic heterocycles. The number of hydrogen-bond acceptors (Lipinski definition) is 7. The van der Waals surface area contributed by atoms with E-state index >= 15 is 0 Å². The summed E-state index contributed by atoms with van der Waals surface area (Å²) in [6.45, 7) is 9.04. The first kappa shape index (κ1) is 24.3. The molecule has 0 aliphatic carbocycles. The zero-order chi connectivity index (χ0) is 18.6. The van der Waals surface area contributed by atoms with Gasteiger partial charge in [0.25, 0.3) is 0 Å². The van der Waals surface area contributed by atoms with E-state index < -0.39 is 0 Å². The molecule has 0 aromatic carbocycles. The summed E-state index contributed by atoms with van der Waals surface area (Å²) in [5, 5.41) is 0. The number of rotatable bonds is 19. The molecule has 0 saturated carbocycles. The normalized spacial score (nSPS) is 12.3. The second-order valence-electron chi connectivity index (χ2n) is 5.65. The first-order chi connectivity index (χ1) is 12.3. The van der Waals surface area contributed by atoms with Crippen LogP contribution in [0.25, 0.3) is 0 Å². The van der Waals surface area contributed by atoms with Crippen LogP contribution in [0.2, 0.25) is 0 Å². The van der Waals surface area contributed by atoms with Crippen molar-refractivity contribution in [2.45, 2.75) is 39.5 Å². The van der Waals surface area contributed by atoms with Gasteiger partial charge in [-0.15, -0.1) is 0 Å². The van der Waals surface area contributed by atoms with Gasteiger partial charge in [0.15, 0.2) is 0 Å².